The van der Waals surface area contributed by atoms with Crippen molar-refractivity contribution in [1.82, 2.24) is 4.90 Å². The Morgan fingerprint density at radius 1 is 1.20 bits per heavy atom. The molecule has 0 heterocycles. The Kier molecular flexibility index (Phi) is 5.47. The highest BCUT2D eigenvalue weighted by Gasteiger charge is 2.25. The van der Waals surface area contributed by atoms with Crippen LogP contribution in [0, 0.1) is 0 Å². The van der Waals surface area contributed by atoms with Crippen molar-refractivity contribution in [1.29, 1.82) is 0 Å². The minimum atomic E-state index is -2.31. The first kappa shape index (κ1) is 12.8. The molecule has 1 aliphatic rings. The molecule has 0 aromatic heterocycles. The number of nitrogens with zero attached hydrogens (tertiary/aromatic N) is 1. The lowest BCUT2D eigenvalue weighted by molar-refractivity contribution is 0.0126. The Hall–Kier alpha value is -0.220. The van der Waals surface area contributed by atoms with E-state index in [1.54, 1.807) is 11.9 Å². The molecule has 4 heteroatoms. The molecular formula is C11H21F2NO. The third kappa shape index (κ3) is 4.43. The van der Waals surface area contributed by atoms with E-state index in [-0.39, 0.29) is 12.6 Å². The van der Waals surface area contributed by atoms with Gasteiger partial charge in [0.25, 0.3) is 6.43 Å². The fraction of sp³-hybridized carbons (Fsp3) is 1.00. The van der Waals surface area contributed by atoms with Crippen molar-refractivity contribution in [2.75, 3.05) is 13.6 Å². The van der Waals surface area contributed by atoms with E-state index >= 15 is 0 Å². The second-order valence-corrected chi connectivity index (χ2v) is 4.46. The number of hydrogen-bond donors (Lipinski definition) is 1. The van der Waals surface area contributed by atoms with Crippen LogP contribution in [0.2, 0.25) is 0 Å². The van der Waals surface area contributed by atoms with E-state index in [1.807, 2.05) is 0 Å². The molecule has 0 spiro atoms. The molecule has 1 N–H and O–H groups in total. The van der Waals surface area contributed by atoms with E-state index in [0.29, 0.717) is 0 Å². The molecule has 90 valence electrons. The molecule has 0 radical (unpaired) electrons. The van der Waals surface area contributed by atoms with Crippen molar-refractivity contribution in [3.63, 3.8) is 0 Å². The number of halogens is 2. The molecule has 15 heavy (non-hydrogen) atoms. The van der Waals surface area contributed by atoms with E-state index in [1.165, 1.54) is 0 Å². The van der Waals surface area contributed by atoms with Gasteiger partial charge in [-0.1, -0.05) is 25.7 Å². The average molecular weight is 221 g/mol. The number of aliphatic hydroxyl groups excluding tert-OH is 1. The van der Waals surface area contributed by atoms with Crippen molar-refractivity contribution in [2.24, 2.45) is 0 Å². The van der Waals surface area contributed by atoms with E-state index in [2.05, 4.69) is 0 Å². The van der Waals surface area contributed by atoms with E-state index in [4.69, 9.17) is 0 Å². The third-order valence-electron chi connectivity index (χ3n) is 3.19. The minimum Gasteiger partial charge on any atom is -0.391 e. The Labute approximate surface area is 90.3 Å². The summed E-state index contributed by atoms with van der Waals surface area (Å²) in [5.74, 6) is 0. The molecule has 1 rings (SSSR count). The summed E-state index contributed by atoms with van der Waals surface area (Å²) in [5, 5.41) is 9.87. The van der Waals surface area contributed by atoms with Crippen LogP contribution in [0.3, 0.4) is 0 Å². The van der Waals surface area contributed by atoms with Crippen LogP contribution in [0.15, 0.2) is 0 Å². The van der Waals surface area contributed by atoms with Crippen LogP contribution in [0.25, 0.3) is 0 Å². The predicted octanol–water partition coefficient (Wildman–Crippen LogP) is 2.27. The molecule has 2 unspecified atom stereocenters. The van der Waals surface area contributed by atoms with Gasteiger partial charge in [0, 0.05) is 6.04 Å². The first-order valence-electron chi connectivity index (χ1n) is 5.77. The number of rotatable bonds is 3. The topological polar surface area (TPSA) is 23.5 Å². The zero-order valence-electron chi connectivity index (χ0n) is 9.33. The smallest absolute Gasteiger partial charge is 0.251 e. The van der Waals surface area contributed by atoms with Crippen molar-refractivity contribution in [2.45, 2.75) is 57.1 Å². The van der Waals surface area contributed by atoms with Crippen LogP contribution in [0.4, 0.5) is 8.78 Å². The van der Waals surface area contributed by atoms with Crippen LogP contribution in [-0.2, 0) is 0 Å². The maximum absolute atomic E-state index is 12.2. The molecule has 2 nitrogen and oxygen atoms in total. The highest BCUT2D eigenvalue weighted by molar-refractivity contribution is 4.79. The lowest BCUT2D eigenvalue weighted by Gasteiger charge is -2.33. The van der Waals surface area contributed by atoms with E-state index in [9.17, 15) is 13.9 Å². The van der Waals surface area contributed by atoms with Crippen molar-refractivity contribution >= 4 is 0 Å². The quantitative estimate of drug-likeness (QED) is 0.790. The Bertz CT molecular complexity index is 178. The first-order chi connectivity index (χ1) is 7.11. The van der Waals surface area contributed by atoms with Gasteiger partial charge >= 0.3 is 0 Å². The number of likely N-dealkylation sites (N-methyl/N-ethyl adjacent to an activating group) is 1. The van der Waals surface area contributed by atoms with Gasteiger partial charge in [-0.2, -0.15) is 0 Å². The van der Waals surface area contributed by atoms with Crippen molar-refractivity contribution in [3.8, 4) is 0 Å². The average Bonchev–Trinajstić information content (AvgIpc) is 2.10. The first-order valence-corrected chi connectivity index (χ1v) is 5.77. The molecule has 1 aliphatic carbocycles. The molecule has 0 saturated heterocycles. The van der Waals surface area contributed by atoms with Crippen molar-refractivity contribution in [3.05, 3.63) is 0 Å². The summed E-state index contributed by atoms with van der Waals surface area (Å²) >= 11 is 0. The number of alkyl halides is 2. The van der Waals surface area contributed by atoms with Crippen LogP contribution in [0.1, 0.15) is 38.5 Å². The summed E-state index contributed by atoms with van der Waals surface area (Å²) in [7, 11) is 1.68. The van der Waals surface area contributed by atoms with Gasteiger partial charge < -0.3 is 5.11 Å². The van der Waals surface area contributed by atoms with Crippen molar-refractivity contribution < 1.29 is 13.9 Å². The van der Waals surface area contributed by atoms with Gasteiger partial charge in [-0.05, 0) is 19.9 Å². The molecule has 0 bridgehead atoms. The Morgan fingerprint density at radius 2 is 1.80 bits per heavy atom. The maximum atomic E-state index is 12.2. The predicted molar refractivity (Wildman–Crippen MR) is 56.1 cm³/mol. The summed E-state index contributed by atoms with van der Waals surface area (Å²) in [6, 6.07) is -0.0840. The molecule has 1 saturated carbocycles. The molecule has 0 aromatic rings. The summed E-state index contributed by atoms with van der Waals surface area (Å²) in [6.07, 6.45) is 3.20. The Balaban J connectivity index is 2.46. The standard InChI is InChI=1S/C11H21F2NO/c1-14(8-11(12)13)9-6-4-2-3-5-7-10(9)15/h9-11,15H,2-8H2,1H3. The van der Waals surface area contributed by atoms with Gasteiger partial charge in [0.1, 0.15) is 0 Å². The SMILES string of the molecule is CN(CC(F)F)C1CCCCCCC1O. The lowest BCUT2D eigenvalue weighted by atomic mass is 9.93. The summed E-state index contributed by atoms with van der Waals surface area (Å²) in [4.78, 5) is 1.61. The van der Waals surface area contributed by atoms with E-state index in [0.717, 1.165) is 38.5 Å². The van der Waals surface area contributed by atoms with Crippen LogP contribution in [-0.4, -0.2) is 42.2 Å². The summed E-state index contributed by atoms with van der Waals surface area (Å²) < 4.78 is 24.5. The highest BCUT2D eigenvalue weighted by Crippen LogP contribution is 2.21. The lowest BCUT2D eigenvalue weighted by Crippen LogP contribution is -2.43. The zero-order valence-corrected chi connectivity index (χ0v) is 9.33. The Morgan fingerprint density at radius 3 is 2.40 bits per heavy atom. The van der Waals surface area contributed by atoms with Gasteiger partial charge in [-0.15, -0.1) is 0 Å². The zero-order chi connectivity index (χ0) is 11.3. The molecule has 2 atom stereocenters. The van der Waals surface area contributed by atoms with Gasteiger partial charge in [0.05, 0.1) is 12.6 Å². The van der Waals surface area contributed by atoms with E-state index < -0.39 is 12.5 Å². The third-order valence-corrected chi connectivity index (χ3v) is 3.19. The molecule has 0 amide bonds. The number of aliphatic hydroxyl groups is 1. The second kappa shape index (κ2) is 6.38. The maximum Gasteiger partial charge on any atom is 0.251 e. The monoisotopic (exact) mass is 221 g/mol. The molecular weight excluding hydrogens is 200 g/mol. The summed E-state index contributed by atoms with van der Waals surface area (Å²) in [6.45, 7) is -0.234. The van der Waals surface area contributed by atoms with Gasteiger partial charge in [-0.3, -0.25) is 4.90 Å². The number of hydrogen-bond acceptors (Lipinski definition) is 2. The molecule has 1 fully saturated rings. The molecule has 0 aromatic carbocycles. The highest BCUT2D eigenvalue weighted by atomic mass is 19.3. The fourth-order valence-electron chi connectivity index (χ4n) is 2.31. The van der Waals surface area contributed by atoms with Gasteiger partial charge in [-0.25, -0.2) is 8.78 Å². The molecule has 0 aliphatic heterocycles. The fourth-order valence-corrected chi connectivity index (χ4v) is 2.31. The minimum absolute atomic E-state index is 0.0840. The summed E-state index contributed by atoms with van der Waals surface area (Å²) in [5.41, 5.74) is 0. The van der Waals surface area contributed by atoms with Crippen LogP contribution < -0.4 is 0 Å². The van der Waals surface area contributed by atoms with Gasteiger partial charge in [0.15, 0.2) is 0 Å². The normalized spacial score (nSPS) is 29.2. The largest absolute Gasteiger partial charge is 0.391 e. The van der Waals surface area contributed by atoms with Crippen LogP contribution in [0.5, 0.6) is 0 Å². The second-order valence-electron chi connectivity index (χ2n) is 4.46. The van der Waals surface area contributed by atoms with Gasteiger partial charge in [0.2, 0.25) is 0 Å². The van der Waals surface area contributed by atoms with Crippen LogP contribution >= 0.6 is 0 Å².